The number of rotatable bonds is 8. The highest BCUT2D eigenvalue weighted by Crippen LogP contribution is 2.22. The molecule has 0 spiro atoms. The summed E-state index contributed by atoms with van der Waals surface area (Å²) in [6, 6.07) is 16.2. The second-order valence-electron chi connectivity index (χ2n) is 7.44. The zero-order valence-electron chi connectivity index (χ0n) is 17.9. The van der Waals surface area contributed by atoms with E-state index in [0.29, 0.717) is 18.2 Å². The van der Waals surface area contributed by atoms with Crippen LogP contribution in [0.3, 0.4) is 0 Å². The number of amides is 1. The topological polar surface area (TPSA) is 109 Å². The van der Waals surface area contributed by atoms with E-state index >= 15 is 0 Å². The Morgan fingerprint density at radius 2 is 1.91 bits per heavy atom. The summed E-state index contributed by atoms with van der Waals surface area (Å²) in [5, 5.41) is 2.80. The Hall–Kier alpha value is -3.59. The van der Waals surface area contributed by atoms with Crippen molar-refractivity contribution in [2.24, 2.45) is 0 Å². The molecule has 4 rings (SSSR count). The van der Waals surface area contributed by atoms with Gasteiger partial charge in [0.25, 0.3) is 15.9 Å². The summed E-state index contributed by atoms with van der Waals surface area (Å²) in [6.07, 6.45) is 2.97. The molecule has 9 heteroatoms. The fourth-order valence-corrected chi connectivity index (χ4v) is 4.56. The lowest BCUT2D eigenvalue weighted by Gasteiger charge is -2.08. The highest BCUT2D eigenvalue weighted by molar-refractivity contribution is 7.92. The Kier molecular flexibility index (Phi) is 6.00. The first-order valence-electron chi connectivity index (χ1n) is 10.5. The average Bonchev–Trinajstić information content (AvgIpc) is 3.40. The number of imidazole rings is 1. The summed E-state index contributed by atoms with van der Waals surface area (Å²) in [5.74, 6) is -0.0429. The molecule has 0 bridgehead atoms. The van der Waals surface area contributed by atoms with Crippen molar-refractivity contribution in [1.82, 2.24) is 14.5 Å². The minimum atomic E-state index is -3.84. The molecule has 0 unspecified atom stereocenters. The highest BCUT2D eigenvalue weighted by atomic mass is 32.2. The number of anilines is 2. The Balaban J connectivity index is 1.55. The second-order valence-corrected chi connectivity index (χ2v) is 9.12. The van der Waals surface area contributed by atoms with Crippen LogP contribution < -0.4 is 10.0 Å². The van der Waals surface area contributed by atoms with E-state index in [9.17, 15) is 13.2 Å². The molecule has 2 aromatic carbocycles. The van der Waals surface area contributed by atoms with E-state index in [4.69, 9.17) is 0 Å². The number of nitrogens with zero attached hydrogens (tertiary/aromatic N) is 2. The second kappa shape index (κ2) is 8.88. The molecule has 0 saturated heterocycles. The van der Waals surface area contributed by atoms with Crippen LogP contribution in [0, 0.1) is 0 Å². The fraction of sp³-hybridized carbons (Fsp3) is 0.217. The standard InChI is InChI=1S/C23H25N5O3S/c1-3-12-28-21-11-6-5-10-19(21)25-23(28)26-22(29)20-14-18(15-24-20)32(30,31)27-17-9-7-8-16(4-2)13-17/h5-11,13-15,24,27H,3-4,12H2,1-2H3,(H,25,26,29). The molecule has 0 saturated carbocycles. The van der Waals surface area contributed by atoms with Gasteiger partial charge in [0.05, 0.1) is 11.0 Å². The van der Waals surface area contributed by atoms with Crippen LogP contribution in [-0.4, -0.2) is 28.9 Å². The van der Waals surface area contributed by atoms with E-state index in [1.807, 2.05) is 48.7 Å². The van der Waals surface area contributed by atoms with Crippen molar-refractivity contribution in [3.63, 3.8) is 0 Å². The molecule has 0 aliphatic carbocycles. The number of aromatic amines is 1. The Labute approximate surface area is 186 Å². The summed E-state index contributed by atoms with van der Waals surface area (Å²) in [6.45, 7) is 4.74. The number of aryl methyl sites for hydroxylation is 2. The molecule has 0 radical (unpaired) electrons. The lowest BCUT2D eigenvalue weighted by atomic mass is 10.1. The van der Waals surface area contributed by atoms with Crippen molar-refractivity contribution >= 4 is 38.6 Å². The number of aromatic nitrogens is 3. The molecular formula is C23H25N5O3S. The predicted octanol–water partition coefficient (Wildman–Crippen LogP) is 4.39. The van der Waals surface area contributed by atoms with Gasteiger partial charge in [-0.05, 0) is 48.7 Å². The smallest absolute Gasteiger partial charge is 0.274 e. The maximum absolute atomic E-state index is 12.8. The Morgan fingerprint density at radius 3 is 2.69 bits per heavy atom. The molecule has 2 heterocycles. The van der Waals surface area contributed by atoms with E-state index in [2.05, 4.69) is 20.0 Å². The molecule has 0 aliphatic rings. The van der Waals surface area contributed by atoms with Crippen LogP contribution in [0.2, 0.25) is 0 Å². The third-order valence-electron chi connectivity index (χ3n) is 5.13. The summed E-state index contributed by atoms with van der Waals surface area (Å²) < 4.78 is 30.0. The summed E-state index contributed by atoms with van der Waals surface area (Å²) in [4.78, 5) is 20.1. The van der Waals surface area contributed by atoms with Crippen LogP contribution in [-0.2, 0) is 23.0 Å². The fourth-order valence-electron chi connectivity index (χ4n) is 3.52. The normalized spacial score (nSPS) is 11.6. The molecule has 8 nitrogen and oxygen atoms in total. The van der Waals surface area contributed by atoms with Crippen LogP contribution in [0.4, 0.5) is 11.6 Å². The first kappa shape index (κ1) is 21.6. The zero-order chi connectivity index (χ0) is 22.7. The number of carbonyl (C=O) groups is 1. The molecule has 0 aliphatic heterocycles. The van der Waals surface area contributed by atoms with E-state index in [-0.39, 0.29) is 10.6 Å². The van der Waals surface area contributed by atoms with Crippen molar-refractivity contribution in [2.45, 2.75) is 38.1 Å². The van der Waals surface area contributed by atoms with Gasteiger partial charge >= 0.3 is 0 Å². The largest absolute Gasteiger partial charge is 0.356 e. The van der Waals surface area contributed by atoms with E-state index < -0.39 is 15.9 Å². The van der Waals surface area contributed by atoms with Gasteiger partial charge in [0, 0.05) is 18.4 Å². The maximum Gasteiger partial charge on any atom is 0.274 e. The van der Waals surface area contributed by atoms with E-state index in [1.165, 1.54) is 12.3 Å². The minimum absolute atomic E-state index is 0.0217. The minimum Gasteiger partial charge on any atom is -0.356 e. The molecule has 2 aromatic heterocycles. The monoisotopic (exact) mass is 451 g/mol. The van der Waals surface area contributed by atoms with Crippen molar-refractivity contribution in [3.8, 4) is 0 Å². The lowest BCUT2D eigenvalue weighted by molar-refractivity contribution is 0.102. The van der Waals surface area contributed by atoms with Gasteiger partial charge in [-0.25, -0.2) is 13.4 Å². The molecular weight excluding hydrogens is 426 g/mol. The SMILES string of the molecule is CCCn1c(NC(=O)c2cc(S(=O)(=O)Nc3cccc(CC)c3)c[nH]2)nc2ccccc21. The third-order valence-corrected chi connectivity index (χ3v) is 6.49. The van der Waals surface area contributed by atoms with Gasteiger partial charge in [0.2, 0.25) is 5.95 Å². The first-order valence-corrected chi connectivity index (χ1v) is 12.0. The van der Waals surface area contributed by atoms with Gasteiger partial charge in [-0.3, -0.25) is 14.8 Å². The number of hydrogen-bond donors (Lipinski definition) is 3. The Bertz CT molecular complexity index is 1370. The van der Waals surface area contributed by atoms with Gasteiger partial charge in [0.1, 0.15) is 10.6 Å². The maximum atomic E-state index is 12.8. The van der Waals surface area contributed by atoms with Crippen molar-refractivity contribution in [2.75, 3.05) is 10.0 Å². The predicted molar refractivity (Wildman–Crippen MR) is 125 cm³/mol. The molecule has 0 atom stereocenters. The number of H-pyrrole nitrogens is 1. The van der Waals surface area contributed by atoms with Gasteiger partial charge < -0.3 is 9.55 Å². The quantitative estimate of drug-likeness (QED) is 0.369. The number of sulfonamides is 1. The summed E-state index contributed by atoms with van der Waals surface area (Å²) >= 11 is 0. The van der Waals surface area contributed by atoms with Crippen LogP contribution in [0.5, 0.6) is 0 Å². The van der Waals surface area contributed by atoms with Crippen LogP contribution in [0.25, 0.3) is 11.0 Å². The lowest BCUT2D eigenvalue weighted by Crippen LogP contribution is -2.16. The zero-order valence-corrected chi connectivity index (χ0v) is 18.7. The van der Waals surface area contributed by atoms with Gasteiger partial charge in [-0.1, -0.05) is 38.1 Å². The third kappa shape index (κ3) is 4.38. The van der Waals surface area contributed by atoms with Crippen LogP contribution in [0.1, 0.15) is 36.3 Å². The molecule has 166 valence electrons. The molecule has 0 fully saturated rings. The number of carbonyl (C=O) groups excluding carboxylic acids is 1. The van der Waals surface area contributed by atoms with Crippen molar-refractivity contribution < 1.29 is 13.2 Å². The average molecular weight is 452 g/mol. The van der Waals surface area contributed by atoms with E-state index in [0.717, 1.165) is 29.4 Å². The summed E-state index contributed by atoms with van der Waals surface area (Å²) in [5.41, 5.74) is 3.34. The highest BCUT2D eigenvalue weighted by Gasteiger charge is 2.20. The molecule has 4 aromatic rings. The molecule has 32 heavy (non-hydrogen) atoms. The first-order chi connectivity index (χ1) is 15.4. The molecule has 1 amide bonds. The van der Waals surface area contributed by atoms with Crippen LogP contribution in [0.15, 0.2) is 65.7 Å². The van der Waals surface area contributed by atoms with E-state index in [1.54, 1.807) is 18.2 Å². The summed E-state index contributed by atoms with van der Waals surface area (Å²) in [7, 11) is -3.84. The van der Waals surface area contributed by atoms with Gasteiger partial charge in [0.15, 0.2) is 0 Å². The Morgan fingerprint density at radius 1 is 1.09 bits per heavy atom. The van der Waals surface area contributed by atoms with Gasteiger partial charge in [-0.15, -0.1) is 0 Å². The number of hydrogen-bond acceptors (Lipinski definition) is 4. The van der Waals surface area contributed by atoms with Crippen LogP contribution >= 0.6 is 0 Å². The number of nitrogens with one attached hydrogen (secondary N) is 3. The van der Waals surface area contributed by atoms with Crippen molar-refractivity contribution in [1.29, 1.82) is 0 Å². The number of para-hydroxylation sites is 2. The number of benzene rings is 2. The number of fused-ring (bicyclic) bond motifs is 1. The molecule has 3 N–H and O–H groups in total. The van der Waals surface area contributed by atoms with Crippen molar-refractivity contribution in [3.05, 3.63) is 72.1 Å². The van der Waals surface area contributed by atoms with Gasteiger partial charge in [-0.2, -0.15) is 0 Å².